The van der Waals surface area contributed by atoms with Crippen LogP contribution in [0, 0.1) is 6.92 Å². The van der Waals surface area contributed by atoms with Crippen LogP contribution in [0.5, 0.6) is 5.75 Å². The van der Waals surface area contributed by atoms with Gasteiger partial charge in [0.25, 0.3) is 0 Å². The first kappa shape index (κ1) is 12.3. The zero-order valence-corrected chi connectivity index (χ0v) is 9.46. The van der Waals surface area contributed by atoms with E-state index < -0.39 is 0 Å². The first-order chi connectivity index (χ1) is 7.24. The molecule has 0 aliphatic rings. The van der Waals surface area contributed by atoms with Gasteiger partial charge in [-0.1, -0.05) is 17.7 Å². The minimum absolute atomic E-state index is 0.0330. The standard InChI is InChI=1S/C11H15ClO3/c1-9-2-3-11(10(12)8-9)15-7-6-14-5-4-13/h2-3,8,13H,4-7H2,1H3. The zero-order valence-electron chi connectivity index (χ0n) is 8.70. The Hall–Kier alpha value is -0.770. The molecule has 4 heteroatoms. The molecule has 0 fully saturated rings. The van der Waals surface area contributed by atoms with Crippen molar-refractivity contribution < 1.29 is 14.6 Å². The lowest BCUT2D eigenvalue weighted by Gasteiger charge is -2.08. The fraction of sp³-hybridized carbons (Fsp3) is 0.455. The van der Waals surface area contributed by atoms with E-state index in [0.29, 0.717) is 30.6 Å². The average Bonchev–Trinajstić information content (AvgIpc) is 2.20. The fourth-order valence-corrected chi connectivity index (χ4v) is 1.39. The molecule has 1 N–H and O–H groups in total. The van der Waals surface area contributed by atoms with Gasteiger partial charge in [-0.2, -0.15) is 0 Å². The molecule has 3 nitrogen and oxygen atoms in total. The molecule has 0 aliphatic carbocycles. The van der Waals surface area contributed by atoms with Crippen LogP contribution in [0.2, 0.25) is 5.02 Å². The number of ether oxygens (including phenoxy) is 2. The zero-order chi connectivity index (χ0) is 11.1. The Morgan fingerprint density at radius 3 is 2.73 bits per heavy atom. The van der Waals surface area contributed by atoms with Crippen molar-refractivity contribution in [1.29, 1.82) is 0 Å². The summed E-state index contributed by atoms with van der Waals surface area (Å²) in [7, 11) is 0. The van der Waals surface area contributed by atoms with Gasteiger partial charge in [-0.25, -0.2) is 0 Å². The lowest BCUT2D eigenvalue weighted by molar-refractivity contribution is 0.0705. The Bertz CT molecular complexity index is 302. The first-order valence-corrected chi connectivity index (χ1v) is 5.19. The van der Waals surface area contributed by atoms with Crippen molar-refractivity contribution in [3.8, 4) is 5.75 Å². The van der Waals surface area contributed by atoms with E-state index in [1.165, 1.54) is 0 Å². The largest absolute Gasteiger partial charge is 0.490 e. The van der Waals surface area contributed by atoms with Crippen LogP contribution in [-0.2, 0) is 4.74 Å². The van der Waals surface area contributed by atoms with Crippen molar-refractivity contribution in [2.75, 3.05) is 26.4 Å². The second-order valence-corrected chi connectivity index (χ2v) is 3.53. The van der Waals surface area contributed by atoms with Crippen molar-refractivity contribution in [3.05, 3.63) is 28.8 Å². The van der Waals surface area contributed by atoms with E-state index in [1.807, 2.05) is 25.1 Å². The van der Waals surface area contributed by atoms with Gasteiger partial charge in [-0.3, -0.25) is 0 Å². The van der Waals surface area contributed by atoms with Gasteiger partial charge in [0.05, 0.1) is 24.8 Å². The fourth-order valence-electron chi connectivity index (χ4n) is 1.10. The molecule has 0 atom stereocenters. The Kier molecular flexibility index (Phi) is 5.47. The van der Waals surface area contributed by atoms with Crippen molar-refractivity contribution >= 4 is 11.6 Å². The van der Waals surface area contributed by atoms with Gasteiger partial charge in [0.2, 0.25) is 0 Å². The summed E-state index contributed by atoms with van der Waals surface area (Å²) >= 11 is 5.96. The molecule has 0 amide bonds. The van der Waals surface area contributed by atoms with Crippen LogP contribution in [-0.4, -0.2) is 31.5 Å². The summed E-state index contributed by atoms with van der Waals surface area (Å²) in [6, 6.07) is 5.63. The Morgan fingerprint density at radius 1 is 1.27 bits per heavy atom. The molecule has 0 saturated carbocycles. The molecule has 0 unspecified atom stereocenters. The summed E-state index contributed by atoms with van der Waals surface area (Å²) < 4.78 is 10.4. The van der Waals surface area contributed by atoms with Gasteiger partial charge in [-0.05, 0) is 24.6 Å². The van der Waals surface area contributed by atoms with E-state index >= 15 is 0 Å². The highest BCUT2D eigenvalue weighted by molar-refractivity contribution is 6.32. The average molecular weight is 231 g/mol. The van der Waals surface area contributed by atoms with Crippen LogP contribution >= 0.6 is 11.6 Å². The van der Waals surface area contributed by atoms with Gasteiger partial charge in [0.15, 0.2) is 0 Å². The van der Waals surface area contributed by atoms with Crippen LogP contribution in [0.25, 0.3) is 0 Å². The minimum Gasteiger partial charge on any atom is -0.490 e. The molecule has 15 heavy (non-hydrogen) atoms. The van der Waals surface area contributed by atoms with E-state index in [2.05, 4.69) is 0 Å². The number of hydrogen-bond donors (Lipinski definition) is 1. The molecule has 1 aromatic rings. The third kappa shape index (κ3) is 4.51. The van der Waals surface area contributed by atoms with Gasteiger partial charge in [0, 0.05) is 0 Å². The number of aliphatic hydroxyl groups excluding tert-OH is 1. The van der Waals surface area contributed by atoms with Gasteiger partial charge in [0.1, 0.15) is 12.4 Å². The number of halogens is 1. The first-order valence-electron chi connectivity index (χ1n) is 4.81. The molecule has 0 heterocycles. The number of hydrogen-bond acceptors (Lipinski definition) is 3. The molecule has 0 aliphatic heterocycles. The number of benzene rings is 1. The Balaban J connectivity index is 2.31. The number of rotatable bonds is 6. The molecule has 0 spiro atoms. The van der Waals surface area contributed by atoms with Gasteiger partial charge < -0.3 is 14.6 Å². The maximum absolute atomic E-state index is 8.47. The molecule has 0 saturated heterocycles. The number of aliphatic hydroxyl groups is 1. The summed E-state index contributed by atoms with van der Waals surface area (Å²) in [6.07, 6.45) is 0. The summed E-state index contributed by atoms with van der Waals surface area (Å²) in [4.78, 5) is 0. The summed E-state index contributed by atoms with van der Waals surface area (Å²) in [6.45, 7) is 3.23. The third-order valence-electron chi connectivity index (χ3n) is 1.81. The van der Waals surface area contributed by atoms with E-state index in [-0.39, 0.29) is 6.61 Å². The summed E-state index contributed by atoms with van der Waals surface area (Å²) in [5.74, 6) is 0.662. The van der Waals surface area contributed by atoms with Gasteiger partial charge >= 0.3 is 0 Å². The van der Waals surface area contributed by atoms with Crippen molar-refractivity contribution in [1.82, 2.24) is 0 Å². The molecule has 1 rings (SSSR count). The second kappa shape index (κ2) is 6.67. The van der Waals surface area contributed by atoms with Crippen LogP contribution in [0.1, 0.15) is 5.56 Å². The van der Waals surface area contributed by atoms with E-state index in [0.717, 1.165) is 5.56 Å². The van der Waals surface area contributed by atoms with E-state index in [4.69, 9.17) is 26.2 Å². The van der Waals surface area contributed by atoms with Crippen LogP contribution in [0.4, 0.5) is 0 Å². The Morgan fingerprint density at radius 2 is 2.07 bits per heavy atom. The van der Waals surface area contributed by atoms with Crippen molar-refractivity contribution in [3.63, 3.8) is 0 Å². The molecule has 84 valence electrons. The summed E-state index contributed by atoms with van der Waals surface area (Å²) in [5.41, 5.74) is 1.10. The Labute approximate surface area is 94.6 Å². The summed E-state index contributed by atoms with van der Waals surface area (Å²) in [5, 5.41) is 9.08. The second-order valence-electron chi connectivity index (χ2n) is 3.12. The SMILES string of the molecule is Cc1ccc(OCCOCCO)c(Cl)c1. The highest BCUT2D eigenvalue weighted by Gasteiger charge is 2.00. The topological polar surface area (TPSA) is 38.7 Å². The maximum atomic E-state index is 8.47. The number of aryl methyl sites for hydroxylation is 1. The predicted molar refractivity (Wildman–Crippen MR) is 59.6 cm³/mol. The van der Waals surface area contributed by atoms with Crippen LogP contribution in [0.15, 0.2) is 18.2 Å². The predicted octanol–water partition coefficient (Wildman–Crippen LogP) is 2.04. The monoisotopic (exact) mass is 230 g/mol. The molecular weight excluding hydrogens is 216 g/mol. The molecule has 0 aromatic heterocycles. The lowest BCUT2D eigenvalue weighted by atomic mass is 10.2. The van der Waals surface area contributed by atoms with Crippen molar-refractivity contribution in [2.45, 2.75) is 6.92 Å². The highest BCUT2D eigenvalue weighted by atomic mass is 35.5. The quantitative estimate of drug-likeness (QED) is 0.761. The molecule has 0 bridgehead atoms. The van der Waals surface area contributed by atoms with Crippen LogP contribution in [0.3, 0.4) is 0 Å². The van der Waals surface area contributed by atoms with Crippen LogP contribution < -0.4 is 4.74 Å². The third-order valence-corrected chi connectivity index (χ3v) is 2.10. The van der Waals surface area contributed by atoms with E-state index in [1.54, 1.807) is 0 Å². The molecule has 1 aromatic carbocycles. The van der Waals surface area contributed by atoms with E-state index in [9.17, 15) is 0 Å². The maximum Gasteiger partial charge on any atom is 0.138 e. The van der Waals surface area contributed by atoms with Crippen molar-refractivity contribution in [2.24, 2.45) is 0 Å². The highest BCUT2D eigenvalue weighted by Crippen LogP contribution is 2.24. The van der Waals surface area contributed by atoms with Gasteiger partial charge in [-0.15, -0.1) is 0 Å². The molecule has 0 radical (unpaired) electrons. The smallest absolute Gasteiger partial charge is 0.138 e. The molecular formula is C11H15ClO3. The normalized spacial score (nSPS) is 10.3. The minimum atomic E-state index is 0.0330. The lowest BCUT2D eigenvalue weighted by Crippen LogP contribution is -2.09.